The van der Waals surface area contributed by atoms with Crippen molar-refractivity contribution in [3.63, 3.8) is 0 Å². The van der Waals surface area contributed by atoms with Crippen LogP contribution in [0.2, 0.25) is 0 Å². The standard InChI is InChI=1S/C16H9N3O4/c17-8-5-6-11-12(7-8)16(23)19(15(11)22)18-13(20)9-3-1-2-4-10(9)14(18)21/h1-7H,17H2. The van der Waals surface area contributed by atoms with Gasteiger partial charge in [0.1, 0.15) is 0 Å². The molecule has 0 saturated heterocycles. The minimum Gasteiger partial charge on any atom is -0.399 e. The molecule has 2 heterocycles. The van der Waals surface area contributed by atoms with Gasteiger partial charge in [0.05, 0.1) is 22.3 Å². The van der Waals surface area contributed by atoms with Gasteiger partial charge >= 0.3 is 0 Å². The summed E-state index contributed by atoms with van der Waals surface area (Å²) in [5.74, 6) is -2.87. The normalized spacial score (nSPS) is 16.2. The van der Waals surface area contributed by atoms with E-state index < -0.39 is 23.6 Å². The van der Waals surface area contributed by atoms with Gasteiger partial charge in [-0.25, -0.2) is 0 Å². The number of carbonyl (C=O) groups is 4. The van der Waals surface area contributed by atoms with Gasteiger partial charge in [0, 0.05) is 5.69 Å². The number of hydrazine groups is 1. The Labute approximate surface area is 129 Å². The second-order valence-corrected chi connectivity index (χ2v) is 5.19. The van der Waals surface area contributed by atoms with Crippen LogP contribution in [0.1, 0.15) is 41.4 Å². The van der Waals surface area contributed by atoms with Crippen LogP contribution in [0, 0.1) is 0 Å². The molecule has 23 heavy (non-hydrogen) atoms. The Balaban J connectivity index is 1.82. The molecule has 7 nitrogen and oxygen atoms in total. The zero-order valence-electron chi connectivity index (χ0n) is 11.6. The van der Waals surface area contributed by atoms with E-state index in [1.807, 2.05) is 0 Å². The first-order valence-corrected chi connectivity index (χ1v) is 6.76. The van der Waals surface area contributed by atoms with Crippen molar-refractivity contribution in [3.8, 4) is 0 Å². The Kier molecular flexibility index (Phi) is 2.45. The van der Waals surface area contributed by atoms with Crippen LogP contribution in [-0.2, 0) is 0 Å². The quantitative estimate of drug-likeness (QED) is 0.627. The molecule has 2 aromatic rings. The Bertz CT molecular complexity index is 900. The number of amides is 4. The SMILES string of the molecule is Nc1ccc2c(c1)C(=O)N(N1C(=O)c3ccccc3C1=O)C2=O. The predicted octanol–water partition coefficient (Wildman–Crippen LogP) is 1.08. The maximum atomic E-state index is 12.5. The highest BCUT2D eigenvalue weighted by Gasteiger charge is 2.48. The van der Waals surface area contributed by atoms with E-state index in [9.17, 15) is 19.2 Å². The predicted molar refractivity (Wildman–Crippen MR) is 78.3 cm³/mol. The molecule has 2 aliphatic rings. The topological polar surface area (TPSA) is 101 Å². The van der Waals surface area contributed by atoms with E-state index in [4.69, 9.17) is 5.73 Å². The van der Waals surface area contributed by atoms with Gasteiger partial charge in [-0.15, -0.1) is 0 Å². The molecule has 0 bridgehead atoms. The number of fused-ring (bicyclic) bond motifs is 2. The number of carbonyl (C=O) groups excluding carboxylic acids is 4. The number of nitrogen functional groups attached to an aromatic ring is 1. The lowest BCUT2D eigenvalue weighted by molar-refractivity contribution is 0.00845. The molecule has 0 aliphatic carbocycles. The van der Waals surface area contributed by atoms with Crippen LogP contribution >= 0.6 is 0 Å². The second kappa shape index (κ2) is 4.26. The lowest BCUT2D eigenvalue weighted by Gasteiger charge is -2.23. The van der Waals surface area contributed by atoms with Gasteiger partial charge in [-0.05, 0) is 30.3 Å². The van der Waals surface area contributed by atoms with Crippen molar-refractivity contribution in [2.45, 2.75) is 0 Å². The van der Waals surface area contributed by atoms with Crippen molar-refractivity contribution in [2.24, 2.45) is 0 Å². The number of hydrogen-bond donors (Lipinski definition) is 1. The summed E-state index contributed by atoms with van der Waals surface area (Å²) in [5.41, 5.74) is 6.45. The highest BCUT2D eigenvalue weighted by Crippen LogP contribution is 2.31. The molecule has 112 valence electrons. The van der Waals surface area contributed by atoms with E-state index in [1.54, 1.807) is 12.1 Å². The Hall–Kier alpha value is -3.48. The van der Waals surface area contributed by atoms with Gasteiger partial charge in [0.25, 0.3) is 23.6 Å². The summed E-state index contributed by atoms with van der Waals surface area (Å²) in [4.78, 5) is 49.8. The Morgan fingerprint density at radius 1 is 0.609 bits per heavy atom. The Morgan fingerprint density at radius 3 is 1.57 bits per heavy atom. The number of imide groups is 2. The third kappa shape index (κ3) is 1.58. The third-order valence-electron chi connectivity index (χ3n) is 3.86. The first-order chi connectivity index (χ1) is 11.0. The molecule has 4 amide bonds. The van der Waals surface area contributed by atoms with E-state index in [1.165, 1.54) is 30.3 Å². The molecule has 0 fully saturated rings. The lowest BCUT2D eigenvalue weighted by atomic mass is 10.1. The van der Waals surface area contributed by atoms with Crippen LogP contribution in [0.4, 0.5) is 5.69 Å². The molecule has 0 aromatic heterocycles. The molecule has 0 atom stereocenters. The summed E-state index contributed by atoms with van der Waals surface area (Å²) in [5, 5.41) is 1.17. The molecular formula is C16H9N3O4. The van der Waals surface area contributed by atoms with E-state index >= 15 is 0 Å². The molecule has 2 aliphatic heterocycles. The number of rotatable bonds is 1. The maximum absolute atomic E-state index is 12.5. The summed E-state index contributed by atoms with van der Waals surface area (Å²) < 4.78 is 0. The van der Waals surface area contributed by atoms with E-state index in [2.05, 4.69) is 0 Å². The number of nitrogens with zero attached hydrogens (tertiary/aromatic N) is 2. The first-order valence-electron chi connectivity index (χ1n) is 6.76. The smallest absolute Gasteiger partial charge is 0.281 e. The van der Waals surface area contributed by atoms with E-state index in [0.29, 0.717) is 15.7 Å². The van der Waals surface area contributed by atoms with Crippen LogP contribution in [0.15, 0.2) is 42.5 Å². The van der Waals surface area contributed by atoms with Crippen molar-refractivity contribution in [2.75, 3.05) is 5.73 Å². The highest BCUT2D eigenvalue weighted by molar-refractivity contribution is 6.28. The maximum Gasteiger partial charge on any atom is 0.281 e. The average Bonchev–Trinajstić information content (AvgIpc) is 2.93. The number of anilines is 1. The largest absolute Gasteiger partial charge is 0.399 e. The number of nitrogens with two attached hydrogens (primary N) is 1. The van der Waals surface area contributed by atoms with Gasteiger partial charge in [-0.3, -0.25) is 19.2 Å². The molecule has 0 radical (unpaired) electrons. The van der Waals surface area contributed by atoms with Gasteiger partial charge in [-0.2, -0.15) is 10.0 Å². The molecule has 4 rings (SSSR count). The van der Waals surface area contributed by atoms with Crippen LogP contribution in [0.3, 0.4) is 0 Å². The van der Waals surface area contributed by atoms with Crippen molar-refractivity contribution in [1.82, 2.24) is 10.0 Å². The summed E-state index contributed by atoms with van der Waals surface area (Å²) in [7, 11) is 0. The summed E-state index contributed by atoms with van der Waals surface area (Å²) in [6, 6.07) is 10.4. The van der Waals surface area contributed by atoms with Crippen molar-refractivity contribution >= 4 is 29.3 Å². The monoisotopic (exact) mass is 307 g/mol. The summed E-state index contributed by atoms with van der Waals surface area (Å²) in [6.45, 7) is 0. The Morgan fingerprint density at radius 2 is 1.04 bits per heavy atom. The second-order valence-electron chi connectivity index (χ2n) is 5.19. The van der Waals surface area contributed by atoms with E-state index in [-0.39, 0.29) is 22.3 Å². The van der Waals surface area contributed by atoms with Crippen molar-refractivity contribution in [1.29, 1.82) is 0 Å². The number of benzene rings is 2. The molecule has 2 N–H and O–H groups in total. The van der Waals surface area contributed by atoms with Gasteiger partial charge in [0.15, 0.2) is 0 Å². The highest BCUT2D eigenvalue weighted by atomic mass is 16.2. The first kappa shape index (κ1) is 13.2. The zero-order valence-corrected chi connectivity index (χ0v) is 11.6. The van der Waals surface area contributed by atoms with Gasteiger partial charge < -0.3 is 5.73 Å². The van der Waals surface area contributed by atoms with Gasteiger partial charge in [0.2, 0.25) is 0 Å². The molecule has 0 saturated carbocycles. The fourth-order valence-electron chi connectivity index (χ4n) is 2.79. The van der Waals surface area contributed by atoms with Crippen molar-refractivity contribution in [3.05, 3.63) is 64.7 Å². The molecule has 0 unspecified atom stereocenters. The summed E-state index contributed by atoms with van der Waals surface area (Å²) >= 11 is 0. The molecule has 7 heteroatoms. The molecule has 0 spiro atoms. The third-order valence-corrected chi connectivity index (χ3v) is 3.86. The minimum absolute atomic E-state index is 0.0755. The van der Waals surface area contributed by atoms with Gasteiger partial charge in [-0.1, -0.05) is 12.1 Å². The minimum atomic E-state index is -0.744. The van der Waals surface area contributed by atoms with Crippen molar-refractivity contribution < 1.29 is 19.2 Å². The average molecular weight is 307 g/mol. The fourth-order valence-corrected chi connectivity index (χ4v) is 2.79. The number of hydrogen-bond acceptors (Lipinski definition) is 5. The zero-order chi connectivity index (χ0) is 16.3. The van der Waals surface area contributed by atoms with Crippen LogP contribution < -0.4 is 5.73 Å². The van der Waals surface area contributed by atoms with Crippen LogP contribution in [0.25, 0.3) is 0 Å². The fraction of sp³-hybridized carbons (Fsp3) is 0. The lowest BCUT2D eigenvalue weighted by Crippen LogP contribution is -2.49. The molecular weight excluding hydrogens is 298 g/mol. The van der Waals surface area contributed by atoms with E-state index in [0.717, 1.165) is 0 Å². The van der Waals surface area contributed by atoms with Crippen LogP contribution in [0.5, 0.6) is 0 Å². The summed E-state index contributed by atoms with van der Waals surface area (Å²) in [6.07, 6.45) is 0. The van der Waals surface area contributed by atoms with Crippen LogP contribution in [-0.4, -0.2) is 33.6 Å². The molecule has 2 aromatic carbocycles.